The van der Waals surface area contributed by atoms with Crippen molar-refractivity contribution in [2.24, 2.45) is 0 Å². The van der Waals surface area contributed by atoms with Crippen LogP contribution in [0.25, 0.3) is 10.8 Å². The molecule has 1 amide bonds. The van der Waals surface area contributed by atoms with Crippen LogP contribution in [-0.4, -0.2) is 20.9 Å². The van der Waals surface area contributed by atoms with Crippen molar-refractivity contribution >= 4 is 38.1 Å². The zero-order chi connectivity index (χ0) is 24.7. The third-order valence-electron chi connectivity index (χ3n) is 6.68. The summed E-state index contributed by atoms with van der Waals surface area (Å²) in [5.41, 5.74) is 6.44. The lowest BCUT2D eigenvalue weighted by molar-refractivity contribution is -0.114. The molecule has 178 valence electrons. The minimum Gasteiger partial charge on any atom is -0.324 e. The molecule has 4 aromatic carbocycles. The van der Waals surface area contributed by atoms with Crippen LogP contribution >= 0.6 is 0 Å². The second kappa shape index (κ2) is 8.86. The summed E-state index contributed by atoms with van der Waals surface area (Å²) < 4.78 is 28.7. The molecule has 5 nitrogen and oxygen atoms in total. The number of rotatable bonds is 6. The van der Waals surface area contributed by atoms with E-state index < -0.39 is 10.0 Å². The number of hydrogen-bond acceptors (Lipinski definition) is 3. The molecule has 0 radical (unpaired) electrons. The van der Waals surface area contributed by atoms with E-state index >= 15 is 0 Å². The standard InChI is InChI=1S/C29H28N2O3S/c1-19-8-14-24(15-9-19)35(33,34)31(27-17-20(2)7-10-21(27)3)18-28(32)30-26-16-13-23-12-11-22-5-4-6-25(26)29(22)23/h4-10,13-17H,11-12,18H2,1-3H3,(H,30,32). The van der Waals surface area contributed by atoms with Gasteiger partial charge >= 0.3 is 0 Å². The topological polar surface area (TPSA) is 66.5 Å². The maximum atomic E-state index is 13.8. The van der Waals surface area contributed by atoms with Gasteiger partial charge in [-0.05, 0) is 85.5 Å². The van der Waals surface area contributed by atoms with E-state index in [-0.39, 0.29) is 17.3 Å². The van der Waals surface area contributed by atoms with Crippen LogP contribution in [-0.2, 0) is 27.7 Å². The van der Waals surface area contributed by atoms with Gasteiger partial charge in [0.05, 0.1) is 10.6 Å². The molecule has 1 aliphatic rings. The zero-order valence-corrected chi connectivity index (χ0v) is 20.9. The average Bonchev–Trinajstić information content (AvgIpc) is 3.26. The number of amides is 1. The van der Waals surface area contributed by atoms with E-state index in [2.05, 4.69) is 17.4 Å². The highest BCUT2D eigenvalue weighted by molar-refractivity contribution is 7.92. The Labute approximate surface area is 206 Å². The number of benzene rings is 4. The van der Waals surface area contributed by atoms with E-state index in [0.717, 1.165) is 34.9 Å². The van der Waals surface area contributed by atoms with Crippen molar-refractivity contribution < 1.29 is 13.2 Å². The minimum absolute atomic E-state index is 0.155. The zero-order valence-electron chi connectivity index (χ0n) is 20.1. The van der Waals surface area contributed by atoms with Gasteiger partial charge in [0.25, 0.3) is 10.0 Å². The number of sulfonamides is 1. The molecule has 6 heteroatoms. The Bertz CT molecular complexity index is 1550. The van der Waals surface area contributed by atoms with Crippen molar-refractivity contribution in [2.45, 2.75) is 38.5 Å². The maximum Gasteiger partial charge on any atom is 0.264 e. The van der Waals surface area contributed by atoms with Gasteiger partial charge in [-0.2, -0.15) is 0 Å². The normalized spacial score (nSPS) is 12.7. The fourth-order valence-corrected chi connectivity index (χ4v) is 6.28. The summed E-state index contributed by atoms with van der Waals surface area (Å²) in [4.78, 5) is 13.5. The first-order valence-corrected chi connectivity index (χ1v) is 13.2. The molecule has 0 spiro atoms. The van der Waals surface area contributed by atoms with Gasteiger partial charge in [0, 0.05) is 11.1 Å². The van der Waals surface area contributed by atoms with Crippen molar-refractivity contribution in [3.8, 4) is 0 Å². The Kier molecular flexibility index (Phi) is 5.85. The molecule has 0 heterocycles. The van der Waals surface area contributed by atoms with Crippen LogP contribution in [0.15, 0.2) is 77.7 Å². The molecule has 0 aromatic heterocycles. The van der Waals surface area contributed by atoms with Crippen LogP contribution in [0, 0.1) is 20.8 Å². The number of carbonyl (C=O) groups excluding carboxylic acids is 1. The van der Waals surface area contributed by atoms with Crippen molar-refractivity contribution in [3.05, 3.63) is 101 Å². The second-order valence-electron chi connectivity index (χ2n) is 9.27. The lowest BCUT2D eigenvalue weighted by Crippen LogP contribution is -2.38. The minimum atomic E-state index is -3.97. The van der Waals surface area contributed by atoms with Gasteiger partial charge in [0.15, 0.2) is 0 Å². The fraction of sp³-hybridized carbons (Fsp3) is 0.207. The molecule has 0 fully saturated rings. The predicted molar refractivity (Wildman–Crippen MR) is 142 cm³/mol. The van der Waals surface area contributed by atoms with Gasteiger partial charge in [-0.1, -0.05) is 54.1 Å². The molecule has 0 saturated heterocycles. The quantitative estimate of drug-likeness (QED) is 0.382. The summed E-state index contributed by atoms with van der Waals surface area (Å²) in [7, 11) is -3.97. The monoisotopic (exact) mass is 484 g/mol. The van der Waals surface area contributed by atoms with Gasteiger partial charge in [0.2, 0.25) is 5.91 Å². The van der Waals surface area contributed by atoms with E-state index in [1.54, 1.807) is 24.3 Å². The predicted octanol–water partition coefficient (Wildman–Crippen LogP) is 5.70. The molecular weight excluding hydrogens is 456 g/mol. The average molecular weight is 485 g/mol. The van der Waals surface area contributed by atoms with Gasteiger partial charge in [0.1, 0.15) is 6.54 Å². The highest BCUT2D eigenvalue weighted by Crippen LogP contribution is 2.35. The number of hydrogen-bond donors (Lipinski definition) is 1. The Morgan fingerprint density at radius 3 is 2.29 bits per heavy atom. The third-order valence-corrected chi connectivity index (χ3v) is 8.45. The van der Waals surface area contributed by atoms with Crippen molar-refractivity contribution in [1.29, 1.82) is 0 Å². The van der Waals surface area contributed by atoms with E-state index in [1.807, 2.05) is 57.2 Å². The van der Waals surface area contributed by atoms with Crippen molar-refractivity contribution in [3.63, 3.8) is 0 Å². The van der Waals surface area contributed by atoms with Crippen LogP contribution in [0.4, 0.5) is 11.4 Å². The molecule has 1 aliphatic carbocycles. The Balaban J connectivity index is 1.52. The van der Waals surface area contributed by atoms with Crippen molar-refractivity contribution in [2.75, 3.05) is 16.2 Å². The Hall–Kier alpha value is -3.64. The van der Waals surface area contributed by atoms with Crippen LogP contribution in [0.1, 0.15) is 27.8 Å². The number of carbonyl (C=O) groups is 1. The van der Waals surface area contributed by atoms with Gasteiger partial charge in [-0.25, -0.2) is 8.42 Å². The lowest BCUT2D eigenvalue weighted by atomic mass is 10.0. The number of nitrogens with one attached hydrogen (secondary N) is 1. The van der Waals surface area contributed by atoms with E-state index in [9.17, 15) is 13.2 Å². The van der Waals surface area contributed by atoms with Crippen LogP contribution in [0.3, 0.4) is 0 Å². The molecule has 0 bridgehead atoms. The smallest absolute Gasteiger partial charge is 0.264 e. The molecule has 0 aliphatic heterocycles. The maximum absolute atomic E-state index is 13.8. The molecule has 4 aromatic rings. The van der Waals surface area contributed by atoms with Crippen LogP contribution in [0.5, 0.6) is 0 Å². The SMILES string of the molecule is Cc1ccc(S(=O)(=O)N(CC(=O)Nc2ccc3c4c(cccc24)CC3)c2cc(C)ccc2C)cc1. The molecule has 5 rings (SSSR count). The first-order valence-electron chi connectivity index (χ1n) is 11.7. The highest BCUT2D eigenvalue weighted by Gasteiger charge is 2.29. The summed E-state index contributed by atoms with van der Waals surface area (Å²) in [6.07, 6.45) is 2.00. The number of aryl methyl sites for hydroxylation is 5. The van der Waals surface area contributed by atoms with Crippen LogP contribution in [0.2, 0.25) is 0 Å². The third kappa shape index (κ3) is 4.30. The van der Waals surface area contributed by atoms with E-state index in [4.69, 9.17) is 0 Å². The summed E-state index contributed by atoms with van der Waals surface area (Å²) in [5, 5.41) is 5.18. The fourth-order valence-electron chi connectivity index (χ4n) is 4.80. The number of anilines is 2. The highest BCUT2D eigenvalue weighted by atomic mass is 32.2. The molecule has 35 heavy (non-hydrogen) atoms. The molecule has 0 atom stereocenters. The summed E-state index contributed by atoms with van der Waals surface area (Å²) in [6.45, 7) is 5.34. The largest absolute Gasteiger partial charge is 0.324 e. The number of nitrogens with zero attached hydrogens (tertiary/aromatic N) is 1. The summed E-state index contributed by atoms with van der Waals surface area (Å²) in [6, 6.07) is 22.4. The summed E-state index contributed by atoms with van der Waals surface area (Å²) >= 11 is 0. The van der Waals surface area contributed by atoms with E-state index in [1.165, 1.54) is 20.8 Å². The Morgan fingerprint density at radius 2 is 1.54 bits per heavy atom. The van der Waals surface area contributed by atoms with Gasteiger partial charge in [-0.15, -0.1) is 0 Å². The van der Waals surface area contributed by atoms with Crippen LogP contribution < -0.4 is 9.62 Å². The molecule has 1 N–H and O–H groups in total. The van der Waals surface area contributed by atoms with Gasteiger partial charge in [-0.3, -0.25) is 9.10 Å². The lowest BCUT2D eigenvalue weighted by Gasteiger charge is -2.26. The summed E-state index contributed by atoms with van der Waals surface area (Å²) in [5.74, 6) is -0.389. The molecule has 0 saturated carbocycles. The van der Waals surface area contributed by atoms with Gasteiger partial charge < -0.3 is 5.32 Å². The van der Waals surface area contributed by atoms with E-state index in [0.29, 0.717) is 11.4 Å². The first-order chi connectivity index (χ1) is 16.7. The molecular formula is C29H28N2O3S. The Morgan fingerprint density at radius 1 is 0.857 bits per heavy atom. The van der Waals surface area contributed by atoms with Crippen molar-refractivity contribution in [1.82, 2.24) is 0 Å². The first kappa shape index (κ1) is 23.1. The second-order valence-corrected chi connectivity index (χ2v) is 11.1. The molecule has 0 unspecified atom stereocenters.